The summed E-state index contributed by atoms with van der Waals surface area (Å²) in [5.41, 5.74) is 19.1. The molecule has 9 aromatic rings. The number of fused-ring (bicyclic) bond motifs is 12. The van der Waals surface area contributed by atoms with Gasteiger partial charge in [-0.1, -0.05) is 71.8 Å². The van der Waals surface area contributed by atoms with Crippen LogP contribution in [-0.2, 0) is 0 Å². The van der Waals surface area contributed by atoms with Crippen LogP contribution in [0.25, 0.3) is 73.7 Å². The van der Waals surface area contributed by atoms with E-state index in [0.717, 1.165) is 0 Å². The van der Waals surface area contributed by atoms with Gasteiger partial charge in [0.05, 0.1) is 0 Å². The minimum absolute atomic E-state index is 1.30. The number of hydrogen-bond donors (Lipinski definition) is 0. The first-order valence-electron chi connectivity index (χ1n) is 18.2. The zero-order chi connectivity index (χ0) is 35.2. The van der Waals surface area contributed by atoms with Gasteiger partial charge in [0.2, 0.25) is 0 Å². The van der Waals surface area contributed by atoms with Gasteiger partial charge in [0.1, 0.15) is 0 Å². The normalized spacial score (nSPS) is 13.1. The summed E-state index contributed by atoms with van der Waals surface area (Å²) in [6, 6.07) is 42.2. The van der Waals surface area contributed by atoms with Gasteiger partial charge in [-0.3, -0.25) is 0 Å². The molecule has 11 rings (SSSR count). The smallest absolute Gasteiger partial charge is 0.0440 e. The topological polar surface area (TPSA) is 0 Å². The van der Waals surface area contributed by atoms with E-state index in [0.29, 0.717) is 0 Å². The van der Waals surface area contributed by atoms with Gasteiger partial charge >= 0.3 is 0 Å². The lowest BCUT2D eigenvalue weighted by atomic mass is 9.89. The van der Waals surface area contributed by atoms with Crippen LogP contribution in [0.5, 0.6) is 0 Å². The summed E-state index contributed by atoms with van der Waals surface area (Å²) in [7, 11) is 0. The molecule has 52 heavy (non-hydrogen) atoms. The highest BCUT2D eigenvalue weighted by Crippen LogP contribution is 2.50. The Morgan fingerprint density at radius 1 is 0.365 bits per heavy atom. The predicted octanol–water partition coefficient (Wildman–Crippen LogP) is 12.7. The fourth-order valence-electron chi connectivity index (χ4n) is 9.79. The Bertz CT molecular complexity index is 2970. The Balaban J connectivity index is 1.24. The summed E-state index contributed by atoms with van der Waals surface area (Å²) in [5.74, 6) is 0. The van der Waals surface area contributed by atoms with Crippen molar-refractivity contribution in [3.63, 3.8) is 0 Å². The molecule has 0 aliphatic heterocycles. The number of hydrogen-bond acceptors (Lipinski definition) is 2. The highest BCUT2D eigenvalue weighted by molar-refractivity contribution is 7.23. The van der Waals surface area contributed by atoms with Gasteiger partial charge < -0.3 is 0 Å². The summed E-state index contributed by atoms with van der Waals surface area (Å²) < 4.78 is 2.72. The largest absolute Gasteiger partial charge is 0.135 e. The van der Waals surface area contributed by atoms with E-state index in [2.05, 4.69) is 151 Å². The summed E-state index contributed by atoms with van der Waals surface area (Å²) in [4.78, 5) is 2.80. The molecular formula is C50H36S2. The first-order chi connectivity index (χ1) is 25.2. The van der Waals surface area contributed by atoms with Gasteiger partial charge in [-0.2, -0.15) is 0 Å². The maximum atomic E-state index is 2.49. The molecule has 0 atom stereocenters. The molecule has 0 amide bonds. The Hall–Kier alpha value is -5.28. The van der Waals surface area contributed by atoms with E-state index in [9.17, 15) is 0 Å². The predicted molar refractivity (Wildman–Crippen MR) is 227 cm³/mol. The van der Waals surface area contributed by atoms with Crippen molar-refractivity contribution >= 4 is 75.5 Å². The molecule has 0 spiro atoms. The second-order valence-electron chi connectivity index (χ2n) is 15.2. The average molecular weight is 701 g/mol. The van der Waals surface area contributed by atoms with Crippen LogP contribution in [0.4, 0.5) is 0 Å². The van der Waals surface area contributed by atoms with E-state index >= 15 is 0 Å². The molecule has 0 unspecified atom stereocenters. The van der Waals surface area contributed by atoms with Crippen LogP contribution in [0.15, 0.2) is 109 Å². The van der Waals surface area contributed by atoms with Crippen molar-refractivity contribution < 1.29 is 0 Å². The van der Waals surface area contributed by atoms with Gasteiger partial charge in [0.15, 0.2) is 0 Å². The highest BCUT2D eigenvalue weighted by Gasteiger charge is 2.30. The van der Waals surface area contributed by atoms with Crippen LogP contribution in [0.3, 0.4) is 0 Å². The number of benzene rings is 7. The molecule has 2 heterocycles. The number of thiophene rings is 2. The van der Waals surface area contributed by atoms with Crippen LogP contribution < -0.4 is 10.4 Å². The molecule has 248 valence electrons. The average Bonchev–Trinajstić information content (AvgIpc) is 3.83. The lowest BCUT2D eigenvalue weighted by molar-refractivity contribution is 1.29. The molecule has 7 aromatic carbocycles. The molecule has 2 aromatic heterocycles. The summed E-state index contributed by atoms with van der Waals surface area (Å²) in [6.07, 6.45) is 0. The van der Waals surface area contributed by atoms with E-state index in [-0.39, 0.29) is 0 Å². The molecule has 0 N–H and O–H groups in total. The zero-order valence-electron chi connectivity index (χ0n) is 30.2. The second-order valence-corrected chi connectivity index (χ2v) is 17.3. The number of rotatable bonds is 2. The molecular weight excluding hydrogens is 665 g/mol. The van der Waals surface area contributed by atoms with Gasteiger partial charge in [0, 0.05) is 52.2 Å². The minimum Gasteiger partial charge on any atom is -0.135 e. The Kier molecular flexibility index (Phi) is 6.21. The highest BCUT2D eigenvalue weighted by atomic mass is 32.1. The molecule has 0 radical (unpaired) electrons. The van der Waals surface area contributed by atoms with Crippen LogP contribution in [0.2, 0.25) is 0 Å². The third-order valence-electron chi connectivity index (χ3n) is 11.6. The quantitative estimate of drug-likeness (QED) is 0.158. The van der Waals surface area contributed by atoms with Crippen molar-refractivity contribution in [2.75, 3.05) is 0 Å². The second kappa shape index (κ2) is 10.6. The van der Waals surface area contributed by atoms with E-state index in [4.69, 9.17) is 0 Å². The third-order valence-corrected chi connectivity index (χ3v) is 14.0. The summed E-state index contributed by atoms with van der Waals surface area (Å²) in [5, 5.41) is 10.7. The molecule has 0 nitrogen and oxygen atoms in total. The Morgan fingerprint density at radius 2 is 0.731 bits per heavy atom. The molecule has 0 fully saturated rings. The minimum atomic E-state index is 1.30. The molecule has 0 saturated heterocycles. The van der Waals surface area contributed by atoms with Crippen molar-refractivity contribution in [1.29, 1.82) is 0 Å². The fraction of sp³-hybridized carbons (Fsp3) is 0.120. The van der Waals surface area contributed by atoms with Gasteiger partial charge in [-0.05, 0) is 167 Å². The maximum absolute atomic E-state index is 2.49. The van der Waals surface area contributed by atoms with Crippen molar-refractivity contribution in [3.8, 4) is 20.9 Å². The first kappa shape index (κ1) is 30.4. The van der Waals surface area contributed by atoms with Crippen LogP contribution >= 0.6 is 22.7 Å². The molecule has 2 heteroatoms. The Labute approximate surface area is 311 Å². The first-order valence-corrected chi connectivity index (χ1v) is 19.9. The Morgan fingerprint density at radius 3 is 1.13 bits per heavy atom. The van der Waals surface area contributed by atoms with Crippen molar-refractivity contribution in [2.45, 2.75) is 41.5 Å². The SMILES string of the molecule is Cc1cc(C)c(C2=c3cc4cc5cc6c(cc5cc4cc3-c3sc4ccccc4c32)=C(c2c(C)cc(C)cc2C)c2c-6sc3ccccc23)c(C)c1. The third kappa shape index (κ3) is 4.08. The monoisotopic (exact) mass is 700 g/mol. The van der Waals surface area contributed by atoms with Crippen molar-refractivity contribution in [2.24, 2.45) is 0 Å². The van der Waals surface area contributed by atoms with Crippen LogP contribution in [-0.4, -0.2) is 0 Å². The molecule has 0 saturated carbocycles. The standard InChI is InChI=1S/C50H36S2/c1-25-15-27(3)43(28(4)16-25)45-37-21-31-19-34-24-40-38(22-32(34)20-33(31)23-39(37)49-47(45)35-11-7-9-13-41(35)51-49)46(44-29(5)17-26(2)18-30(44)6)48-36-12-8-10-14-42(36)52-50(40)48/h7-24H,1-6H3. The fourth-order valence-corrected chi connectivity index (χ4v) is 12.3. The zero-order valence-corrected chi connectivity index (χ0v) is 31.8. The van der Waals surface area contributed by atoms with Crippen LogP contribution in [0.1, 0.15) is 55.6 Å². The summed E-state index contributed by atoms with van der Waals surface area (Å²) >= 11 is 3.89. The van der Waals surface area contributed by atoms with Crippen molar-refractivity contribution in [1.82, 2.24) is 0 Å². The lowest BCUT2D eigenvalue weighted by Gasteiger charge is -2.14. The molecule has 2 aliphatic carbocycles. The molecule has 0 bridgehead atoms. The van der Waals surface area contributed by atoms with Gasteiger partial charge in [0.25, 0.3) is 0 Å². The van der Waals surface area contributed by atoms with Gasteiger partial charge in [-0.25, -0.2) is 0 Å². The lowest BCUT2D eigenvalue weighted by Crippen LogP contribution is -2.09. The van der Waals surface area contributed by atoms with E-state index < -0.39 is 0 Å². The van der Waals surface area contributed by atoms with Crippen molar-refractivity contribution in [3.05, 3.63) is 175 Å². The number of aryl methyl sites for hydroxylation is 6. The molecule has 2 aliphatic rings. The van der Waals surface area contributed by atoms with E-state index in [1.165, 1.54) is 140 Å². The van der Waals surface area contributed by atoms with E-state index in [1.54, 1.807) is 0 Å². The van der Waals surface area contributed by atoms with Gasteiger partial charge in [-0.15, -0.1) is 22.7 Å². The maximum Gasteiger partial charge on any atom is 0.0440 e. The summed E-state index contributed by atoms with van der Waals surface area (Å²) in [6.45, 7) is 13.6. The van der Waals surface area contributed by atoms with E-state index in [1.807, 2.05) is 22.7 Å². The van der Waals surface area contributed by atoms with Crippen LogP contribution in [0, 0.1) is 41.5 Å².